The van der Waals surface area contributed by atoms with E-state index in [-0.39, 0.29) is 52.2 Å². The molecular weight excluding hydrogens is 521 g/mol. The average molecular weight is 558 g/mol. The van der Waals surface area contributed by atoms with Gasteiger partial charge in [-0.3, -0.25) is 19.2 Å². The molecule has 6 atom stereocenters. The van der Waals surface area contributed by atoms with Crippen LogP contribution in [0.2, 0.25) is 0 Å². The summed E-state index contributed by atoms with van der Waals surface area (Å²) in [5, 5.41) is 6.12. The number of fused-ring (bicyclic) bond motifs is 2. The number of aromatic amines is 1. The Morgan fingerprint density at radius 2 is 1.85 bits per heavy atom. The molecule has 1 aromatic carbocycles. The normalized spacial score (nSPS) is 27.4. The number of aromatic nitrogens is 1. The zero-order chi connectivity index (χ0) is 28.1. The fraction of sp³-hybridized carbons (Fsp3) is 0.600. The maximum absolute atomic E-state index is 14.3. The molecule has 0 spiro atoms. The Kier molecular flexibility index (Phi) is 7.61. The third-order valence-corrected chi connectivity index (χ3v) is 9.94. The molecule has 2 amide bonds. The quantitative estimate of drug-likeness (QED) is 0.386. The highest BCUT2D eigenvalue weighted by molar-refractivity contribution is 6.28. The third kappa shape index (κ3) is 5.12. The van der Waals surface area contributed by atoms with Crippen molar-refractivity contribution in [1.82, 2.24) is 15.6 Å². The number of alkyl halides is 1. The molecular formula is C30H37ClFN3O4. The van der Waals surface area contributed by atoms with Crippen LogP contribution in [0, 0.1) is 40.8 Å². The maximum Gasteiger partial charge on any atom is 0.268 e. The topological polar surface area (TPSA) is 108 Å². The first-order valence-electron chi connectivity index (χ1n) is 14.1. The lowest BCUT2D eigenvalue weighted by molar-refractivity contribution is -0.137. The third-order valence-electron chi connectivity index (χ3n) is 9.68. The van der Waals surface area contributed by atoms with Gasteiger partial charge >= 0.3 is 0 Å². The molecule has 1 unspecified atom stereocenters. The number of carbonyl (C=O) groups is 4. The van der Waals surface area contributed by atoms with Gasteiger partial charge in [-0.1, -0.05) is 39.2 Å². The highest BCUT2D eigenvalue weighted by atomic mass is 35.5. The lowest BCUT2D eigenvalue weighted by Crippen LogP contribution is -2.52. The first-order valence-corrected chi connectivity index (χ1v) is 14.6. The smallest absolute Gasteiger partial charge is 0.268 e. The lowest BCUT2D eigenvalue weighted by atomic mass is 9.74. The first kappa shape index (κ1) is 27.8. The van der Waals surface area contributed by atoms with E-state index in [1.165, 1.54) is 12.1 Å². The van der Waals surface area contributed by atoms with Gasteiger partial charge in [-0.25, -0.2) is 4.39 Å². The molecule has 3 fully saturated rings. The molecule has 7 nitrogen and oxygen atoms in total. The Morgan fingerprint density at radius 3 is 2.51 bits per heavy atom. The molecule has 3 aliphatic rings. The second-order valence-electron chi connectivity index (χ2n) is 12.3. The molecule has 0 aliphatic heterocycles. The van der Waals surface area contributed by atoms with Gasteiger partial charge in [0.1, 0.15) is 11.5 Å². The van der Waals surface area contributed by atoms with E-state index in [9.17, 15) is 23.6 Å². The Hall–Kier alpha value is -2.74. The van der Waals surface area contributed by atoms with Crippen LogP contribution in [-0.2, 0) is 14.4 Å². The first-order chi connectivity index (χ1) is 18.5. The van der Waals surface area contributed by atoms with Crippen LogP contribution >= 0.6 is 11.6 Å². The van der Waals surface area contributed by atoms with Gasteiger partial charge in [-0.2, -0.15) is 0 Å². The summed E-state index contributed by atoms with van der Waals surface area (Å²) in [4.78, 5) is 56.2. The van der Waals surface area contributed by atoms with Crippen molar-refractivity contribution in [3.05, 3.63) is 35.8 Å². The number of amides is 2. The van der Waals surface area contributed by atoms with E-state index in [0.29, 0.717) is 17.3 Å². The molecule has 39 heavy (non-hydrogen) atoms. The Balaban J connectivity index is 1.40. The van der Waals surface area contributed by atoms with Crippen molar-refractivity contribution in [3.8, 4) is 0 Å². The van der Waals surface area contributed by atoms with Crippen LogP contribution in [0.3, 0.4) is 0 Å². The molecule has 3 N–H and O–H groups in total. The number of hydrogen-bond acceptors (Lipinski definition) is 4. The summed E-state index contributed by atoms with van der Waals surface area (Å²) in [6, 6.07) is 4.61. The number of nitrogens with one attached hydrogen (secondary N) is 3. The summed E-state index contributed by atoms with van der Waals surface area (Å²) in [7, 11) is 0. The number of H-pyrrole nitrogens is 1. The minimum Gasteiger partial charge on any atom is -0.350 e. The van der Waals surface area contributed by atoms with E-state index < -0.39 is 35.6 Å². The number of halogens is 2. The summed E-state index contributed by atoms with van der Waals surface area (Å²) >= 11 is 5.69. The number of Topliss-reactive ketones (excluding diaryl/α,β-unsaturated/α-hetero) is 2. The van der Waals surface area contributed by atoms with E-state index in [1.54, 1.807) is 19.1 Å². The van der Waals surface area contributed by atoms with Crippen LogP contribution in [0.4, 0.5) is 4.39 Å². The van der Waals surface area contributed by atoms with Gasteiger partial charge in [0.25, 0.3) is 5.91 Å². The molecule has 0 bridgehead atoms. The van der Waals surface area contributed by atoms with Gasteiger partial charge in [-0.15, -0.1) is 11.6 Å². The summed E-state index contributed by atoms with van der Waals surface area (Å²) in [5.74, 6) is -2.61. The molecule has 3 aliphatic carbocycles. The number of rotatable bonds is 9. The van der Waals surface area contributed by atoms with E-state index in [2.05, 4.69) is 29.5 Å². The van der Waals surface area contributed by atoms with Crippen molar-refractivity contribution in [3.63, 3.8) is 0 Å². The van der Waals surface area contributed by atoms with Crippen LogP contribution < -0.4 is 10.6 Å². The van der Waals surface area contributed by atoms with Crippen LogP contribution in [0.1, 0.15) is 69.8 Å². The average Bonchev–Trinajstić information content (AvgIpc) is 3.31. The molecule has 3 saturated carbocycles. The second-order valence-corrected chi connectivity index (χ2v) is 12.6. The molecule has 0 saturated heterocycles. The van der Waals surface area contributed by atoms with Gasteiger partial charge in [0.2, 0.25) is 5.91 Å². The Bertz CT molecular complexity index is 1300. The van der Waals surface area contributed by atoms with Gasteiger partial charge in [0.15, 0.2) is 11.6 Å². The van der Waals surface area contributed by atoms with Crippen molar-refractivity contribution >= 4 is 45.9 Å². The largest absolute Gasteiger partial charge is 0.350 e. The monoisotopic (exact) mass is 557 g/mol. The Labute approximate surface area is 233 Å². The van der Waals surface area contributed by atoms with Crippen molar-refractivity contribution in [1.29, 1.82) is 0 Å². The minimum absolute atomic E-state index is 0.0262. The Morgan fingerprint density at radius 1 is 1.13 bits per heavy atom. The second kappa shape index (κ2) is 10.7. The molecule has 5 rings (SSSR count). The van der Waals surface area contributed by atoms with Gasteiger partial charge in [0, 0.05) is 16.8 Å². The van der Waals surface area contributed by atoms with Gasteiger partial charge < -0.3 is 15.6 Å². The van der Waals surface area contributed by atoms with Gasteiger partial charge in [0.05, 0.1) is 23.9 Å². The van der Waals surface area contributed by atoms with Gasteiger partial charge in [-0.05, 0) is 67.6 Å². The molecule has 9 heteroatoms. The van der Waals surface area contributed by atoms with Crippen LogP contribution in [-0.4, -0.2) is 46.3 Å². The van der Waals surface area contributed by atoms with E-state index in [0.717, 1.165) is 32.1 Å². The highest BCUT2D eigenvalue weighted by Crippen LogP contribution is 2.71. The van der Waals surface area contributed by atoms with Crippen LogP contribution in [0.5, 0.6) is 0 Å². The number of carbonyl (C=O) groups excluding carboxylic acids is 4. The van der Waals surface area contributed by atoms with Crippen molar-refractivity contribution < 1.29 is 23.6 Å². The highest BCUT2D eigenvalue weighted by Gasteiger charge is 2.70. The maximum atomic E-state index is 14.3. The molecule has 1 heterocycles. The zero-order valence-electron chi connectivity index (χ0n) is 22.7. The molecule has 210 valence electrons. The zero-order valence-corrected chi connectivity index (χ0v) is 23.4. The molecule has 1 aromatic heterocycles. The van der Waals surface area contributed by atoms with E-state index in [4.69, 9.17) is 11.6 Å². The number of hydrogen-bond donors (Lipinski definition) is 3. The predicted octanol–water partition coefficient (Wildman–Crippen LogP) is 4.78. The minimum atomic E-state index is -0.739. The summed E-state index contributed by atoms with van der Waals surface area (Å²) in [5.41, 5.74) is 0.647. The standard InChI is InChI=1S/C30H37ClFN3O4/c1-15(23(36)14-31)33-29(39)24-18(12-19-25(24)30(19,2)3)27(37)26(16-8-5-4-6-9-16)35-28(38)22-13-17-20(32)10-7-11-21(17)34-22/h7,10-11,13,15-16,18-19,24-26,34H,4-6,8-9,12,14H2,1-3H3,(H,33,39)(H,35,38)/t15-,18?,19-,24-,25-,26-/m0/s1. The fourth-order valence-electron chi connectivity index (χ4n) is 7.34. The fourth-order valence-corrected chi connectivity index (χ4v) is 7.58. The molecule has 0 radical (unpaired) electrons. The SMILES string of the molecule is C[C@H](NC(=O)[C@H]1C(C(=O)[C@@H](NC(=O)c2cc3c(F)cccc3[nH]2)C2CCCCC2)C[C@H]2[C@@H]1C2(C)C)C(=O)CCl. The van der Waals surface area contributed by atoms with Crippen molar-refractivity contribution in [2.45, 2.75) is 71.4 Å². The molecule has 2 aromatic rings. The van der Waals surface area contributed by atoms with E-state index >= 15 is 0 Å². The van der Waals surface area contributed by atoms with E-state index in [1.807, 2.05) is 0 Å². The number of ketones is 2. The lowest BCUT2D eigenvalue weighted by Gasteiger charge is -2.34. The van der Waals surface area contributed by atoms with Crippen molar-refractivity contribution in [2.75, 3.05) is 5.88 Å². The van der Waals surface area contributed by atoms with Crippen LogP contribution in [0.15, 0.2) is 24.3 Å². The van der Waals surface area contributed by atoms with Crippen LogP contribution in [0.25, 0.3) is 10.9 Å². The summed E-state index contributed by atoms with van der Waals surface area (Å²) in [6.45, 7) is 5.84. The summed E-state index contributed by atoms with van der Waals surface area (Å²) < 4.78 is 14.3. The van der Waals surface area contributed by atoms with Crippen molar-refractivity contribution in [2.24, 2.45) is 35.0 Å². The predicted molar refractivity (Wildman–Crippen MR) is 147 cm³/mol. The number of benzene rings is 1. The summed E-state index contributed by atoms with van der Waals surface area (Å²) in [6.07, 6.45) is 5.27.